The second-order valence-corrected chi connectivity index (χ2v) is 8.72. The molecule has 0 bridgehead atoms. The minimum absolute atomic E-state index is 0.0845. The summed E-state index contributed by atoms with van der Waals surface area (Å²) in [6, 6.07) is 5.33. The van der Waals surface area contributed by atoms with Crippen molar-refractivity contribution < 1.29 is 22.7 Å². The molecule has 0 spiro atoms. The number of esters is 1. The summed E-state index contributed by atoms with van der Waals surface area (Å²) in [5.41, 5.74) is 1.47. The summed E-state index contributed by atoms with van der Waals surface area (Å²) in [7, 11) is -3.70. The third kappa shape index (κ3) is 6.95. The van der Waals surface area contributed by atoms with Gasteiger partial charge in [-0.25, -0.2) is 13.1 Å². The highest BCUT2D eigenvalue weighted by Gasteiger charge is 2.18. The molecule has 0 aromatic heterocycles. The van der Waals surface area contributed by atoms with Crippen LogP contribution in [0.2, 0.25) is 0 Å². The maximum absolute atomic E-state index is 12.3. The van der Waals surface area contributed by atoms with Crippen LogP contribution in [0.15, 0.2) is 23.1 Å². The molecular formula is C19H28N2O5S. The van der Waals surface area contributed by atoms with E-state index in [0.717, 1.165) is 31.2 Å². The number of sulfonamides is 1. The number of nitrogens with one attached hydrogen (secondary N) is 2. The number of benzene rings is 1. The lowest BCUT2D eigenvalue weighted by Gasteiger charge is -2.22. The van der Waals surface area contributed by atoms with Crippen molar-refractivity contribution in [3.05, 3.63) is 29.3 Å². The van der Waals surface area contributed by atoms with Crippen molar-refractivity contribution in [2.45, 2.75) is 63.3 Å². The van der Waals surface area contributed by atoms with E-state index < -0.39 is 16.0 Å². The van der Waals surface area contributed by atoms with E-state index in [-0.39, 0.29) is 36.4 Å². The van der Waals surface area contributed by atoms with Crippen LogP contribution in [-0.2, 0) is 24.3 Å². The fraction of sp³-hybridized carbons (Fsp3) is 0.579. The molecule has 1 aliphatic rings. The number of hydrogen-bond acceptors (Lipinski definition) is 5. The molecule has 0 radical (unpaired) electrons. The normalized spacial score (nSPS) is 15.3. The second-order valence-electron chi connectivity index (χ2n) is 6.98. The molecule has 150 valence electrons. The number of amides is 1. The quantitative estimate of drug-likeness (QED) is 0.654. The first kappa shape index (κ1) is 21.4. The van der Waals surface area contributed by atoms with Crippen LogP contribution in [-0.4, -0.2) is 39.5 Å². The Kier molecular flexibility index (Phi) is 7.79. The molecule has 2 N–H and O–H groups in total. The van der Waals surface area contributed by atoms with Gasteiger partial charge in [0.1, 0.15) is 0 Å². The highest BCUT2D eigenvalue weighted by atomic mass is 32.2. The summed E-state index contributed by atoms with van der Waals surface area (Å²) in [6.07, 6.45) is 5.18. The smallest absolute Gasteiger partial charge is 0.307 e. The van der Waals surface area contributed by atoms with E-state index in [1.54, 1.807) is 19.1 Å². The van der Waals surface area contributed by atoms with Gasteiger partial charge in [-0.3, -0.25) is 9.59 Å². The molecule has 0 unspecified atom stereocenters. The zero-order valence-electron chi connectivity index (χ0n) is 15.9. The average molecular weight is 397 g/mol. The first-order chi connectivity index (χ1) is 12.8. The molecule has 27 heavy (non-hydrogen) atoms. The molecule has 1 fully saturated rings. The van der Waals surface area contributed by atoms with Crippen molar-refractivity contribution in [3.8, 4) is 0 Å². The summed E-state index contributed by atoms with van der Waals surface area (Å²) < 4.78 is 32.0. The molecule has 1 aromatic rings. The van der Waals surface area contributed by atoms with E-state index in [0.29, 0.717) is 5.56 Å². The third-order valence-corrected chi connectivity index (χ3v) is 6.19. The lowest BCUT2D eigenvalue weighted by atomic mass is 9.95. The lowest BCUT2D eigenvalue weighted by molar-refractivity contribution is -0.148. The Labute approximate surface area is 160 Å². The molecule has 1 saturated carbocycles. The Hall–Kier alpha value is -1.93. The van der Waals surface area contributed by atoms with E-state index >= 15 is 0 Å². The van der Waals surface area contributed by atoms with Crippen LogP contribution in [0.3, 0.4) is 0 Å². The van der Waals surface area contributed by atoms with Gasteiger partial charge in [-0.05, 0) is 43.9 Å². The summed E-state index contributed by atoms with van der Waals surface area (Å²) in [4.78, 5) is 23.7. The van der Waals surface area contributed by atoms with Crippen molar-refractivity contribution in [2.75, 3.05) is 13.2 Å². The largest absolute Gasteiger partial charge is 0.456 e. The average Bonchev–Trinajstić information content (AvgIpc) is 2.62. The molecule has 0 heterocycles. The van der Waals surface area contributed by atoms with Crippen molar-refractivity contribution in [2.24, 2.45) is 0 Å². The van der Waals surface area contributed by atoms with Gasteiger partial charge < -0.3 is 10.1 Å². The van der Waals surface area contributed by atoms with Crippen LogP contribution in [0.1, 0.15) is 49.7 Å². The molecule has 0 atom stereocenters. The Bertz CT molecular complexity index is 770. The molecule has 8 heteroatoms. The number of carbonyl (C=O) groups excluding carboxylic acids is 2. The monoisotopic (exact) mass is 396 g/mol. The zero-order chi connectivity index (χ0) is 19.9. The van der Waals surface area contributed by atoms with Crippen LogP contribution < -0.4 is 10.0 Å². The summed E-state index contributed by atoms with van der Waals surface area (Å²) >= 11 is 0. The van der Waals surface area contributed by atoms with Gasteiger partial charge in [0.05, 0.1) is 11.3 Å². The molecule has 1 amide bonds. The van der Waals surface area contributed by atoms with Gasteiger partial charge in [-0.2, -0.15) is 0 Å². The van der Waals surface area contributed by atoms with Gasteiger partial charge in [0.25, 0.3) is 5.91 Å². The van der Waals surface area contributed by atoms with Gasteiger partial charge in [0, 0.05) is 12.6 Å². The summed E-state index contributed by atoms with van der Waals surface area (Å²) in [6.45, 7) is 3.11. The van der Waals surface area contributed by atoms with Crippen LogP contribution in [0.25, 0.3) is 0 Å². The van der Waals surface area contributed by atoms with Gasteiger partial charge in [0.2, 0.25) is 10.0 Å². The minimum Gasteiger partial charge on any atom is -0.456 e. The van der Waals surface area contributed by atoms with Crippen molar-refractivity contribution in [3.63, 3.8) is 0 Å². The first-order valence-corrected chi connectivity index (χ1v) is 10.8. The predicted octanol–water partition coefficient (Wildman–Crippen LogP) is 1.96. The van der Waals surface area contributed by atoms with Gasteiger partial charge in [-0.15, -0.1) is 0 Å². The van der Waals surface area contributed by atoms with Crippen LogP contribution in [0.4, 0.5) is 0 Å². The molecular weight excluding hydrogens is 368 g/mol. The minimum atomic E-state index is -3.70. The van der Waals surface area contributed by atoms with E-state index in [4.69, 9.17) is 4.74 Å². The number of aryl methyl sites for hydroxylation is 2. The third-order valence-electron chi connectivity index (χ3n) is 4.59. The number of rotatable bonds is 8. The fourth-order valence-electron chi connectivity index (χ4n) is 3.10. The Morgan fingerprint density at radius 2 is 1.85 bits per heavy atom. The molecule has 2 rings (SSSR count). The first-order valence-electron chi connectivity index (χ1n) is 9.30. The SMILES string of the molecule is Cc1ccc(C)c(S(=O)(=O)NCCC(=O)OCC(=O)NC2CCCCC2)c1. The Morgan fingerprint density at radius 3 is 2.56 bits per heavy atom. The van der Waals surface area contributed by atoms with Crippen molar-refractivity contribution >= 4 is 21.9 Å². The molecule has 1 aromatic carbocycles. The predicted molar refractivity (Wildman–Crippen MR) is 102 cm³/mol. The van der Waals surface area contributed by atoms with E-state index in [2.05, 4.69) is 10.0 Å². The van der Waals surface area contributed by atoms with E-state index in [1.165, 1.54) is 6.42 Å². The second kappa shape index (κ2) is 9.85. The lowest BCUT2D eigenvalue weighted by Crippen LogP contribution is -2.38. The molecule has 1 aliphatic carbocycles. The van der Waals surface area contributed by atoms with Crippen LogP contribution in [0, 0.1) is 13.8 Å². The van der Waals surface area contributed by atoms with Gasteiger partial charge in [0.15, 0.2) is 6.61 Å². The Morgan fingerprint density at radius 1 is 1.15 bits per heavy atom. The zero-order valence-corrected chi connectivity index (χ0v) is 16.7. The Balaban J connectivity index is 1.72. The molecule has 0 aliphatic heterocycles. The van der Waals surface area contributed by atoms with Gasteiger partial charge in [-0.1, -0.05) is 31.4 Å². The van der Waals surface area contributed by atoms with E-state index in [9.17, 15) is 18.0 Å². The molecule has 7 nitrogen and oxygen atoms in total. The summed E-state index contributed by atoms with van der Waals surface area (Å²) in [5, 5.41) is 2.86. The maximum atomic E-state index is 12.3. The number of hydrogen-bond donors (Lipinski definition) is 2. The fourth-order valence-corrected chi connectivity index (χ4v) is 4.46. The standard InChI is InChI=1S/C19H28N2O5S/c1-14-8-9-15(2)17(12-14)27(24,25)20-11-10-19(23)26-13-18(22)21-16-6-4-3-5-7-16/h8-9,12,16,20H,3-7,10-11,13H2,1-2H3,(H,21,22). The van der Waals surface area contributed by atoms with Crippen molar-refractivity contribution in [1.29, 1.82) is 0 Å². The summed E-state index contributed by atoms with van der Waals surface area (Å²) in [5.74, 6) is -0.927. The van der Waals surface area contributed by atoms with Crippen molar-refractivity contribution in [1.82, 2.24) is 10.0 Å². The highest BCUT2D eigenvalue weighted by molar-refractivity contribution is 7.89. The topological polar surface area (TPSA) is 102 Å². The van der Waals surface area contributed by atoms with Crippen LogP contribution >= 0.6 is 0 Å². The number of carbonyl (C=O) groups is 2. The molecule has 0 saturated heterocycles. The van der Waals surface area contributed by atoms with E-state index in [1.807, 2.05) is 13.0 Å². The van der Waals surface area contributed by atoms with Gasteiger partial charge >= 0.3 is 5.97 Å². The number of ether oxygens (including phenoxy) is 1. The van der Waals surface area contributed by atoms with Crippen LogP contribution in [0.5, 0.6) is 0 Å². The highest BCUT2D eigenvalue weighted by Crippen LogP contribution is 2.17. The maximum Gasteiger partial charge on any atom is 0.307 e.